The Kier molecular flexibility index (Phi) is 1.64. The van der Waals surface area contributed by atoms with E-state index >= 15 is 0 Å². The second kappa shape index (κ2) is 2.27. The molecule has 0 radical (unpaired) electrons. The molecule has 1 aromatic heterocycles. The Bertz CT molecular complexity index is 145. The van der Waals surface area contributed by atoms with Crippen molar-refractivity contribution in [2.75, 3.05) is 0 Å². The second-order valence-corrected chi connectivity index (χ2v) is 2.69. The van der Waals surface area contributed by atoms with E-state index in [1.54, 1.807) is 6.20 Å². The Morgan fingerprint density at radius 1 is 1.75 bits per heavy atom. The highest BCUT2D eigenvalue weighted by molar-refractivity contribution is 7.16. The van der Waals surface area contributed by atoms with Crippen LogP contribution >= 0.6 is 9.24 Å². The van der Waals surface area contributed by atoms with Gasteiger partial charge in [-0.15, -0.1) is 9.24 Å². The van der Waals surface area contributed by atoms with Crippen molar-refractivity contribution in [2.45, 2.75) is 12.7 Å². The normalized spacial score (nSPS) is 13.8. The van der Waals surface area contributed by atoms with Crippen molar-refractivity contribution in [1.82, 2.24) is 9.78 Å². The molecule has 0 bridgehead atoms. The van der Waals surface area contributed by atoms with Crippen LogP contribution in [0.4, 0.5) is 0 Å². The molecular formula is C5H9N2P. The minimum absolute atomic E-state index is 0.407. The van der Waals surface area contributed by atoms with Gasteiger partial charge in [-0.1, -0.05) is 0 Å². The molecule has 0 aliphatic rings. The number of rotatable bonds is 1. The van der Waals surface area contributed by atoms with E-state index in [4.69, 9.17) is 0 Å². The van der Waals surface area contributed by atoms with Crippen molar-refractivity contribution in [3.63, 3.8) is 0 Å². The zero-order chi connectivity index (χ0) is 5.98. The third-order valence-corrected chi connectivity index (χ3v) is 1.25. The first-order valence-electron chi connectivity index (χ1n) is 2.55. The molecule has 0 aliphatic carbocycles. The lowest BCUT2D eigenvalue weighted by Gasteiger charge is -2.01. The van der Waals surface area contributed by atoms with Crippen LogP contribution in [-0.4, -0.2) is 9.78 Å². The standard InChI is InChI=1S/C5H9N2P/c1-5(8)7-4-2-3-6-7/h2-5H,8H2,1H3. The molecule has 2 nitrogen and oxygen atoms in total. The van der Waals surface area contributed by atoms with Crippen molar-refractivity contribution in [3.8, 4) is 0 Å². The van der Waals surface area contributed by atoms with Gasteiger partial charge in [0.2, 0.25) is 0 Å². The van der Waals surface area contributed by atoms with E-state index in [2.05, 4.69) is 21.3 Å². The van der Waals surface area contributed by atoms with Gasteiger partial charge in [-0.05, 0) is 13.0 Å². The molecule has 0 saturated heterocycles. The molecule has 0 amide bonds. The molecule has 8 heavy (non-hydrogen) atoms. The maximum absolute atomic E-state index is 4.01. The summed E-state index contributed by atoms with van der Waals surface area (Å²) in [6, 6.07) is 1.92. The largest absolute Gasteiger partial charge is 0.266 e. The van der Waals surface area contributed by atoms with Gasteiger partial charge in [-0.25, -0.2) is 0 Å². The third-order valence-electron chi connectivity index (χ3n) is 0.942. The highest BCUT2D eigenvalue weighted by Crippen LogP contribution is 2.09. The molecule has 2 atom stereocenters. The molecule has 1 rings (SSSR count). The van der Waals surface area contributed by atoms with E-state index in [1.807, 2.05) is 16.9 Å². The van der Waals surface area contributed by atoms with Gasteiger partial charge in [0, 0.05) is 12.4 Å². The molecule has 1 heterocycles. The summed E-state index contributed by atoms with van der Waals surface area (Å²) < 4.78 is 1.88. The van der Waals surface area contributed by atoms with Crippen LogP contribution in [0.5, 0.6) is 0 Å². The zero-order valence-electron chi connectivity index (χ0n) is 4.78. The van der Waals surface area contributed by atoms with E-state index in [0.29, 0.717) is 5.78 Å². The Balaban J connectivity index is 2.77. The van der Waals surface area contributed by atoms with Crippen LogP contribution in [0.3, 0.4) is 0 Å². The number of nitrogens with zero attached hydrogens (tertiary/aromatic N) is 2. The van der Waals surface area contributed by atoms with Gasteiger partial charge in [0.05, 0.1) is 5.78 Å². The predicted molar refractivity (Wildman–Crippen MR) is 36.6 cm³/mol. The van der Waals surface area contributed by atoms with Crippen molar-refractivity contribution >= 4 is 9.24 Å². The fourth-order valence-electron chi connectivity index (χ4n) is 0.522. The molecule has 0 N–H and O–H groups in total. The number of aromatic nitrogens is 2. The highest BCUT2D eigenvalue weighted by atomic mass is 31.0. The summed E-state index contributed by atoms with van der Waals surface area (Å²) in [4.78, 5) is 0. The van der Waals surface area contributed by atoms with Crippen molar-refractivity contribution in [2.24, 2.45) is 0 Å². The Morgan fingerprint density at radius 2 is 2.50 bits per heavy atom. The fourth-order valence-corrected chi connectivity index (χ4v) is 0.698. The maximum atomic E-state index is 4.01. The highest BCUT2D eigenvalue weighted by Gasteiger charge is 1.91. The zero-order valence-corrected chi connectivity index (χ0v) is 5.94. The second-order valence-electron chi connectivity index (χ2n) is 1.73. The smallest absolute Gasteiger partial charge is 0.0627 e. The number of hydrogen-bond acceptors (Lipinski definition) is 1. The van der Waals surface area contributed by atoms with Gasteiger partial charge >= 0.3 is 0 Å². The summed E-state index contributed by atoms with van der Waals surface area (Å²) in [5.74, 6) is 0.407. The summed E-state index contributed by atoms with van der Waals surface area (Å²) in [6.45, 7) is 2.07. The molecule has 1 aromatic rings. The molecule has 0 aromatic carbocycles. The Morgan fingerprint density at radius 3 is 2.75 bits per heavy atom. The van der Waals surface area contributed by atoms with E-state index in [9.17, 15) is 0 Å². The fraction of sp³-hybridized carbons (Fsp3) is 0.400. The molecule has 44 valence electrons. The van der Waals surface area contributed by atoms with E-state index < -0.39 is 0 Å². The minimum Gasteiger partial charge on any atom is -0.266 e. The van der Waals surface area contributed by atoms with Gasteiger partial charge in [-0.3, -0.25) is 4.68 Å². The summed E-state index contributed by atoms with van der Waals surface area (Å²) in [5, 5.41) is 4.01. The van der Waals surface area contributed by atoms with Crippen LogP contribution in [0, 0.1) is 0 Å². The SMILES string of the molecule is CC(P)n1cccn1. The summed E-state index contributed by atoms with van der Waals surface area (Å²) in [6.07, 6.45) is 3.72. The molecular weight excluding hydrogens is 119 g/mol. The van der Waals surface area contributed by atoms with Crippen molar-refractivity contribution in [1.29, 1.82) is 0 Å². The minimum atomic E-state index is 0.407. The van der Waals surface area contributed by atoms with E-state index in [1.165, 1.54) is 0 Å². The summed E-state index contributed by atoms with van der Waals surface area (Å²) in [7, 11) is 2.66. The first-order valence-corrected chi connectivity index (χ1v) is 3.22. The topological polar surface area (TPSA) is 17.8 Å². The average Bonchev–Trinajstić information content (AvgIpc) is 2.12. The van der Waals surface area contributed by atoms with Crippen LogP contribution in [0.1, 0.15) is 12.7 Å². The van der Waals surface area contributed by atoms with Crippen LogP contribution in [0.25, 0.3) is 0 Å². The lowest BCUT2D eigenvalue weighted by molar-refractivity contribution is 0.642. The lowest BCUT2D eigenvalue weighted by Crippen LogP contribution is -1.96. The molecule has 0 saturated carbocycles. The van der Waals surface area contributed by atoms with Crippen LogP contribution in [0.2, 0.25) is 0 Å². The number of hydrogen-bond donors (Lipinski definition) is 0. The van der Waals surface area contributed by atoms with Crippen LogP contribution in [-0.2, 0) is 0 Å². The molecule has 0 spiro atoms. The van der Waals surface area contributed by atoms with Gasteiger partial charge in [0.25, 0.3) is 0 Å². The van der Waals surface area contributed by atoms with Crippen LogP contribution < -0.4 is 0 Å². The van der Waals surface area contributed by atoms with Gasteiger partial charge in [-0.2, -0.15) is 5.10 Å². The molecule has 0 aliphatic heterocycles. The van der Waals surface area contributed by atoms with Crippen LogP contribution in [0.15, 0.2) is 18.5 Å². The Labute approximate surface area is 51.1 Å². The quantitative estimate of drug-likeness (QED) is 0.521. The van der Waals surface area contributed by atoms with E-state index in [0.717, 1.165) is 0 Å². The van der Waals surface area contributed by atoms with Gasteiger partial charge in [0.15, 0.2) is 0 Å². The monoisotopic (exact) mass is 128 g/mol. The molecule has 3 heteroatoms. The predicted octanol–water partition coefficient (Wildman–Crippen LogP) is 1.28. The van der Waals surface area contributed by atoms with Crippen molar-refractivity contribution < 1.29 is 0 Å². The summed E-state index contributed by atoms with van der Waals surface area (Å²) in [5.41, 5.74) is 0. The Hall–Kier alpha value is -0.360. The van der Waals surface area contributed by atoms with E-state index in [-0.39, 0.29) is 0 Å². The third kappa shape index (κ3) is 1.07. The average molecular weight is 128 g/mol. The van der Waals surface area contributed by atoms with Crippen molar-refractivity contribution in [3.05, 3.63) is 18.5 Å². The maximum Gasteiger partial charge on any atom is 0.0627 e. The first kappa shape index (κ1) is 5.77. The molecule has 0 fully saturated rings. The van der Waals surface area contributed by atoms with Gasteiger partial charge in [0.1, 0.15) is 0 Å². The van der Waals surface area contributed by atoms with Gasteiger partial charge < -0.3 is 0 Å². The summed E-state index contributed by atoms with van der Waals surface area (Å²) >= 11 is 0. The molecule has 2 unspecified atom stereocenters. The lowest BCUT2D eigenvalue weighted by atomic mass is 10.7. The first-order chi connectivity index (χ1) is 3.80.